The van der Waals surface area contributed by atoms with Gasteiger partial charge in [0.1, 0.15) is 0 Å². The highest BCUT2D eigenvalue weighted by atomic mass is 16.2. The van der Waals surface area contributed by atoms with E-state index >= 15 is 0 Å². The molecule has 3 saturated carbocycles. The molecule has 2 saturated heterocycles. The van der Waals surface area contributed by atoms with E-state index in [1.807, 2.05) is 0 Å². The smallest absolute Gasteiger partial charge is 0.219 e. The van der Waals surface area contributed by atoms with Gasteiger partial charge in [-0.15, -0.1) is 0 Å². The summed E-state index contributed by atoms with van der Waals surface area (Å²) in [6, 6.07) is 1.87. The Morgan fingerprint density at radius 2 is 1.74 bits per heavy atom. The van der Waals surface area contributed by atoms with Gasteiger partial charge in [0, 0.05) is 43.7 Å². The number of likely N-dealkylation sites (tertiary alicyclic amines) is 2. The number of fused-ring (bicyclic) bond motifs is 4. The second-order valence-corrected chi connectivity index (χ2v) is 13.8. The van der Waals surface area contributed by atoms with E-state index in [0.29, 0.717) is 23.9 Å². The molecule has 0 spiro atoms. The van der Waals surface area contributed by atoms with Crippen molar-refractivity contribution in [3.05, 3.63) is 0 Å². The molecule has 6 rings (SSSR count). The van der Waals surface area contributed by atoms with Crippen molar-refractivity contribution >= 4 is 11.6 Å². The van der Waals surface area contributed by atoms with Gasteiger partial charge in [-0.2, -0.15) is 0 Å². The fraction of sp³-hybridized carbons (Fsp3) is 0.933. The van der Waals surface area contributed by atoms with Gasteiger partial charge >= 0.3 is 0 Å². The van der Waals surface area contributed by atoms with Crippen LogP contribution in [0.15, 0.2) is 4.99 Å². The third-order valence-electron chi connectivity index (χ3n) is 11.5. The topological polar surface area (TPSA) is 35.9 Å². The lowest BCUT2D eigenvalue weighted by molar-refractivity contribution is -0.137. The first-order valence-electron chi connectivity index (χ1n) is 14.9. The summed E-state index contributed by atoms with van der Waals surface area (Å²) < 4.78 is 0. The zero-order chi connectivity index (χ0) is 23.6. The standard InChI is InChI=1S/C30H49N3O/c1-18-11-22-16-28-25(23-15-27(22)29(12-18)32(4)17-23)8-7-24(31-28)14-21-10-19(2)13-30-26(21)6-5-9-33(30)20(3)34/h18-19,21-27,29-30H,5-17H2,1-4H3/t18-,19+,21-,22+,23-,24-,25?,26-,27-,29+,30+/m1/s1. The maximum absolute atomic E-state index is 12.4. The van der Waals surface area contributed by atoms with Gasteiger partial charge in [-0.05, 0) is 119 Å². The number of aliphatic imine (C=N–C) groups is 1. The van der Waals surface area contributed by atoms with Crippen LogP contribution < -0.4 is 0 Å². The molecule has 0 aromatic rings. The van der Waals surface area contributed by atoms with E-state index in [2.05, 4.69) is 30.7 Å². The molecular formula is C30H49N3O. The zero-order valence-corrected chi connectivity index (χ0v) is 22.3. The molecule has 6 aliphatic rings. The van der Waals surface area contributed by atoms with Crippen molar-refractivity contribution in [1.82, 2.24) is 9.80 Å². The lowest BCUT2D eigenvalue weighted by atomic mass is 9.65. The van der Waals surface area contributed by atoms with Crippen LogP contribution >= 0.6 is 0 Å². The highest BCUT2D eigenvalue weighted by Crippen LogP contribution is 2.51. The van der Waals surface area contributed by atoms with Crippen molar-refractivity contribution in [2.24, 2.45) is 52.3 Å². The summed E-state index contributed by atoms with van der Waals surface area (Å²) in [5, 5.41) is 0. The van der Waals surface area contributed by atoms with Crippen LogP contribution in [0.4, 0.5) is 0 Å². The summed E-state index contributed by atoms with van der Waals surface area (Å²) >= 11 is 0. The van der Waals surface area contributed by atoms with Crippen LogP contribution in [0.5, 0.6) is 0 Å². The van der Waals surface area contributed by atoms with Crippen LogP contribution in [-0.4, -0.2) is 59.7 Å². The maximum atomic E-state index is 12.4. The third-order valence-corrected chi connectivity index (χ3v) is 11.5. The molecule has 2 bridgehead atoms. The molecule has 3 heterocycles. The summed E-state index contributed by atoms with van der Waals surface area (Å²) in [5.41, 5.74) is 1.64. The lowest BCUT2D eigenvalue weighted by Crippen LogP contribution is -2.53. The van der Waals surface area contributed by atoms with Crippen molar-refractivity contribution < 1.29 is 4.79 Å². The Morgan fingerprint density at radius 1 is 0.941 bits per heavy atom. The molecular weight excluding hydrogens is 418 g/mol. The molecule has 3 aliphatic carbocycles. The molecule has 0 N–H and O–H groups in total. The fourth-order valence-electron chi connectivity index (χ4n) is 10.2. The Morgan fingerprint density at radius 3 is 2.56 bits per heavy atom. The predicted octanol–water partition coefficient (Wildman–Crippen LogP) is 5.66. The zero-order valence-electron chi connectivity index (χ0n) is 22.3. The minimum atomic E-state index is 0.304. The van der Waals surface area contributed by atoms with Gasteiger partial charge in [-0.25, -0.2) is 0 Å². The predicted molar refractivity (Wildman–Crippen MR) is 139 cm³/mol. The molecule has 0 radical (unpaired) electrons. The number of nitrogens with zero attached hydrogens (tertiary/aromatic N) is 3. The molecule has 4 heteroatoms. The number of hydrogen-bond acceptors (Lipinski definition) is 3. The van der Waals surface area contributed by atoms with Gasteiger partial charge in [-0.3, -0.25) is 9.79 Å². The molecule has 4 nitrogen and oxygen atoms in total. The fourth-order valence-corrected chi connectivity index (χ4v) is 10.2. The first-order chi connectivity index (χ1) is 16.4. The highest BCUT2D eigenvalue weighted by Gasteiger charge is 2.49. The van der Waals surface area contributed by atoms with Gasteiger partial charge in [-0.1, -0.05) is 13.8 Å². The molecule has 3 aliphatic heterocycles. The SMILES string of the molecule is CC(=O)N1CCC[C@@H]2[C@@H](C[C@H]3CCC4C(=N3)C[C@@H]3C[C@@H](C)C[C@H]5[C@@H]3C[C@@H]4CN5C)C[C@H](C)C[C@@H]21. The first kappa shape index (κ1) is 23.5. The van der Waals surface area contributed by atoms with Crippen LogP contribution in [0.2, 0.25) is 0 Å². The Kier molecular flexibility index (Phi) is 6.36. The van der Waals surface area contributed by atoms with E-state index in [1.54, 1.807) is 12.6 Å². The summed E-state index contributed by atoms with van der Waals surface area (Å²) in [7, 11) is 2.42. The Balaban J connectivity index is 1.21. The summed E-state index contributed by atoms with van der Waals surface area (Å²) in [6.45, 7) is 9.02. The number of carbonyl (C=O) groups excluding carboxylic acids is 1. The summed E-state index contributed by atoms with van der Waals surface area (Å²) in [4.78, 5) is 23.0. The minimum Gasteiger partial charge on any atom is -0.340 e. The monoisotopic (exact) mass is 467 g/mol. The summed E-state index contributed by atoms with van der Waals surface area (Å²) in [5.74, 6) is 6.81. The van der Waals surface area contributed by atoms with E-state index in [4.69, 9.17) is 4.99 Å². The molecule has 0 aromatic heterocycles. The Bertz CT molecular complexity index is 809. The van der Waals surface area contributed by atoms with Crippen LogP contribution in [0.1, 0.15) is 91.4 Å². The molecule has 1 unspecified atom stereocenters. The van der Waals surface area contributed by atoms with E-state index in [-0.39, 0.29) is 0 Å². The molecule has 5 fully saturated rings. The largest absolute Gasteiger partial charge is 0.340 e. The van der Waals surface area contributed by atoms with Crippen molar-refractivity contribution in [2.45, 2.75) is 110 Å². The average Bonchev–Trinajstić information content (AvgIpc) is 2.92. The van der Waals surface area contributed by atoms with Crippen LogP contribution in [0.25, 0.3) is 0 Å². The van der Waals surface area contributed by atoms with E-state index in [1.165, 1.54) is 77.2 Å². The van der Waals surface area contributed by atoms with Crippen molar-refractivity contribution in [3.63, 3.8) is 0 Å². The first-order valence-corrected chi connectivity index (χ1v) is 14.9. The normalized spacial score (nSPS) is 48.9. The maximum Gasteiger partial charge on any atom is 0.219 e. The number of piperidine rings is 2. The van der Waals surface area contributed by atoms with Gasteiger partial charge in [0.05, 0.1) is 6.04 Å². The van der Waals surface area contributed by atoms with Gasteiger partial charge in [0.25, 0.3) is 0 Å². The molecule has 1 amide bonds. The van der Waals surface area contributed by atoms with Crippen molar-refractivity contribution in [3.8, 4) is 0 Å². The van der Waals surface area contributed by atoms with Gasteiger partial charge in [0.15, 0.2) is 0 Å². The van der Waals surface area contributed by atoms with Gasteiger partial charge < -0.3 is 9.80 Å². The molecule has 0 aromatic carbocycles. The average molecular weight is 468 g/mol. The van der Waals surface area contributed by atoms with Crippen LogP contribution in [0, 0.1) is 47.3 Å². The molecule has 190 valence electrons. The number of amides is 1. The lowest BCUT2D eigenvalue weighted by Gasteiger charge is -2.50. The van der Waals surface area contributed by atoms with Crippen molar-refractivity contribution in [1.29, 1.82) is 0 Å². The second kappa shape index (κ2) is 9.20. The number of rotatable bonds is 2. The summed E-state index contributed by atoms with van der Waals surface area (Å²) in [6.07, 6.45) is 14.7. The van der Waals surface area contributed by atoms with E-state index in [0.717, 1.165) is 54.0 Å². The third kappa shape index (κ3) is 4.18. The van der Waals surface area contributed by atoms with E-state index in [9.17, 15) is 4.79 Å². The Hall–Kier alpha value is -0.900. The van der Waals surface area contributed by atoms with Gasteiger partial charge in [0.2, 0.25) is 5.91 Å². The molecule has 11 atom stereocenters. The number of carbonyl (C=O) groups is 1. The minimum absolute atomic E-state index is 0.304. The quantitative estimate of drug-likeness (QED) is 0.526. The molecule has 34 heavy (non-hydrogen) atoms. The highest BCUT2D eigenvalue weighted by molar-refractivity contribution is 5.88. The van der Waals surface area contributed by atoms with Crippen molar-refractivity contribution in [2.75, 3.05) is 20.1 Å². The Labute approximate surface area is 208 Å². The van der Waals surface area contributed by atoms with Crippen LogP contribution in [-0.2, 0) is 4.79 Å². The van der Waals surface area contributed by atoms with Crippen LogP contribution in [0.3, 0.4) is 0 Å². The number of hydrogen-bond donors (Lipinski definition) is 0. The second-order valence-electron chi connectivity index (χ2n) is 13.8. The van der Waals surface area contributed by atoms with E-state index < -0.39 is 0 Å².